The van der Waals surface area contributed by atoms with E-state index in [1.807, 2.05) is 29.2 Å². The van der Waals surface area contributed by atoms with E-state index in [0.29, 0.717) is 55.7 Å². The maximum Gasteiger partial charge on any atom is 0.407 e. The maximum absolute atomic E-state index is 13.4. The number of hydrogen-bond donors (Lipinski definition) is 1. The van der Waals surface area contributed by atoms with Gasteiger partial charge in [0.25, 0.3) is 10.0 Å². The number of aromatic nitrogens is 1. The fourth-order valence-electron chi connectivity index (χ4n) is 4.22. The average molecular weight is 459 g/mol. The summed E-state index contributed by atoms with van der Waals surface area (Å²) in [7, 11) is -3.61. The third-order valence-corrected chi connectivity index (χ3v) is 9.34. The molecule has 3 aromatic rings. The number of benzene rings is 1. The van der Waals surface area contributed by atoms with Crippen molar-refractivity contribution in [2.45, 2.75) is 17.2 Å². The quantitative estimate of drug-likeness (QED) is 0.649. The van der Waals surface area contributed by atoms with Gasteiger partial charge in [0.15, 0.2) is 0 Å². The van der Waals surface area contributed by atoms with Crippen molar-refractivity contribution < 1.29 is 18.3 Å². The zero-order valence-electron chi connectivity index (χ0n) is 16.8. The van der Waals surface area contributed by atoms with E-state index in [4.69, 9.17) is 5.11 Å². The molecule has 1 fully saturated rings. The van der Waals surface area contributed by atoms with Gasteiger partial charge in [0.1, 0.15) is 10.0 Å². The molecule has 162 valence electrons. The Morgan fingerprint density at radius 2 is 1.77 bits per heavy atom. The van der Waals surface area contributed by atoms with Crippen LogP contribution in [0.1, 0.15) is 11.1 Å². The number of pyridine rings is 1. The zero-order chi connectivity index (χ0) is 21.6. The molecule has 0 bridgehead atoms. The molecule has 0 atom stereocenters. The topological polar surface area (TPSA) is 94.0 Å². The molecule has 0 aliphatic carbocycles. The van der Waals surface area contributed by atoms with Gasteiger partial charge in [-0.15, -0.1) is 11.3 Å². The Morgan fingerprint density at radius 3 is 2.52 bits per heavy atom. The predicted octanol–water partition coefficient (Wildman–Crippen LogP) is 2.84. The van der Waals surface area contributed by atoms with Crippen LogP contribution in [0.15, 0.2) is 46.8 Å². The molecule has 1 amide bonds. The summed E-state index contributed by atoms with van der Waals surface area (Å²) in [6.45, 7) is 2.70. The minimum absolute atomic E-state index is 0.320. The standard InChI is InChI=1S/C21H22N4O4S2/c26-21(27)24-11-9-23(10-12-24)20-17-13-19(30-18(17)5-7-22-20)31(28,29)25-8-6-15-3-1-2-4-16(15)14-25/h1-5,7,13H,6,8-12,14H2,(H,26,27). The van der Waals surface area contributed by atoms with Gasteiger partial charge in [-0.25, -0.2) is 18.2 Å². The van der Waals surface area contributed by atoms with E-state index in [1.165, 1.54) is 21.8 Å². The van der Waals surface area contributed by atoms with E-state index in [0.717, 1.165) is 15.6 Å². The number of fused-ring (bicyclic) bond motifs is 2. The molecule has 0 radical (unpaired) electrons. The summed E-state index contributed by atoms with van der Waals surface area (Å²) >= 11 is 1.26. The second kappa shape index (κ2) is 7.77. The summed E-state index contributed by atoms with van der Waals surface area (Å²) < 4.78 is 29.5. The minimum atomic E-state index is -3.61. The minimum Gasteiger partial charge on any atom is -0.465 e. The number of sulfonamides is 1. The first kappa shape index (κ1) is 20.2. The lowest BCUT2D eigenvalue weighted by Crippen LogP contribution is -2.48. The molecule has 1 saturated heterocycles. The van der Waals surface area contributed by atoms with Gasteiger partial charge < -0.3 is 14.9 Å². The number of amides is 1. The van der Waals surface area contributed by atoms with Crippen LogP contribution in [0.5, 0.6) is 0 Å². The SMILES string of the molecule is O=C(O)N1CCN(c2nccc3sc(S(=O)(=O)N4CCc5ccccc5C4)cc23)CC1. The third kappa shape index (κ3) is 3.64. The summed E-state index contributed by atoms with van der Waals surface area (Å²) in [5.41, 5.74) is 2.26. The molecule has 0 spiro atoms. The van der Waals surface area contributed by atoms with Crippen molar-refractivity contribution in [3.8, 4) is 0 Å². The summed E-state index contributed by atoms with van der Waals surface area (Å²) in [6.07, 6.45) is 1.48. The third-order valence-electron chi connectivity index (χ3n) is 5.94. The first-order valence-electron chi connectivity index (χ1n) is 10.1. The molecule has 10 heteroatoms. The number of thiophene rings is 1. The molecule has 31 heavy (non-hydrogen) atoms. The Labute approximate surface area is 184 Å². The molecular weight excluding hydrogens is 436 g/mol. The average Bonchev–Trinajstić information content (AvgIpc) is 3.24. The Balaban J connectivity index is 1.44. The van der Waals surface area contributed by atoms with Crippen LogP contribution in [0, 0.1) is 0 Å². The highest BCUT2D eigenvalue weighted by Crippen LogP contribution is 2.36. The van der Waals surface area contributed by atoms with Crippen LogP contribution >= 0.6 is 11.3 Å². The van der Waals surface area contributed by atoms with E-state index in [-0.39, 0.29) is 0 Å². The summed E-state index contributed by atoms with van der Waals surface area (Å²) in [6, 6.07) is 11.5. The Morgan fingerprint density at radius 1 is 1.03 bits per heavy atom. The van der Waals surface area contributed by atoms with Crippen LogP contribution in [0.25, 0.3) is 10.1 Å². The fourth-order valence-corrected chi connectivity index (χ4v) is 7.17. The highest BCUT2D eigenvalue weighted by atomic mass is 32.2. The number of piperazine rings is 1. The number of rotatable bonds is 3. The van der Waals surface area contributed by atoms with Crippen molar-refractivity contribution in [1.29, 1.82) is 0 Å². The number of carbonyl (C=O) groups is 1. The van der Waals surface area contributed by atoms with Gasteiger partial charge in [-0.1, -0.05) is 24.3 Å². The molecule has 8 nitrogen and oxygen atoms in total. The van der Waals surface area contributed by atoms with E-state index in [2.05, 4.69) is 11.1 Å². The lowest BCUT2D eigenvalue weighted by atomic mass is 10.0. The van der Waals surface area contributed by atoms with Crippen LogP contribution in [0.2, 0.25) is 0 Å². The maximum atomic E-state index is 13.4. The first-order valence-corrected chi connectivity index (χ1v) is 12.4. The second-order valence-corrected chi connectivity index (χ2v) is 11.0. The van der Waals surface area contributed by atoms with Crippen LogP contribution in [0.4, 0.5) is 10.6 Å². The van der Waals surface area contributed by atoms with Gasteiger partial charge in [0, 0.05) is 55.6 Å². The van der Waals surface area contributed by atoms with Crippen LogP contribution in [0.3, 0.4) is 0 Å². The van der Waals surface area contributed by atoms with E-state index in [1.54, 1.807) is 16.6 Å². The largest absolute Gasteiger partial charge is 0.465 e. The molecule has 1 aromatic carbocycles. The van der Waals surface area contributed by atoms with Gasteiger partial charge >= 0.3 is 6.09 Å². The van der Waals surface area contributed by atoms with Crippen molar-refractivity contribution >= 4 is 43.4 Å². The zero-order valence-corrected chi connectivity index (χ0v) is 18.4. The van der Waals surface area contributed by atoms with Crippen molar-refractivity contribution in [2.24, 2.45) is 0 Å². The van der Waals surface area contributed by atoms with Crippen molar-refractivity contribution in [3.05, 3.63) is 53.7 Å². The number of anilines is 1. The predicted molar refractivity (Wildman–Crippen MR) is 119 cm³/mol. The van der Waals surface area contributed by atoms with Gasteiger partial charge in [0.2, 0.25) is 0 Å². The Kier molecular flexibility index (Phi) is 5.07. The molecule has 0 unspecified atom stereocenters. The van der Waals surface area contributed by atoms with Crippen molar-refractivity contribution in [1.82, 2.24) is 14.2 Å². The van der Waals surface area contributed by atoms with Gasteiger partial charge in [-0.3, -0.25) is 0 Å². The lowest BCUT2D eigenvalue weighted by Gasteiger charge is -2.34. The van der Waals surface area contributed by atoms with Crippen LogP contribution in [-0.2, 0) is 23.0 Å². The number of nitrogens with zero attached hydrogens (tertiary/aromatic N) is 4. The summed E-state index contributed by atoms with van der Waals surface area (Å²) in [5, 5.41) is 9.97. The van der Waals surface area contributed by atoms with Crippen molar-refractivity contribution in [3.63, 3.8) is 0 Å². The molecule has 2 aliphatic rings. The fraction of sp³-hybridized carbons (Fsp3) is 0.333. The molecule has 2 aliphatic heterocycles. The van der Waals surface area contributed by atoms with Crippen molar-refractivity contribution in [2.75, 3.05) is 37.6 Å². The summed E-state index contributed by atoms with van der Waals surface area (Å²) in [4.78, 5) is 19.1. The monoisotopic (exact) mass is 458 g/mol. The lowest BCUT2D eigenvalue weighted by molar-refractivity contribution is 0.142. The highest BCUT2D eigenvalue weighted by Gasteiger charge is 2.31. The second-order valence-electron chi connectivity index (χ2n) is 7.73. The van der Waals surface area contributed by atoms with Gasteiger partial charge in [0.05, 0.1) is 0 Å². The Hall–Kier alpha value is -2.69. The first-order chi connectivity index (χ1) is 14.9. The van der Waals surface area contributed by atoms with E-state index < -0.39 is 16.1 Å². The summed E-state index contributed by atoms with van der Waals surface area (Å²) in [5.74, 6) is 0.712. The molecule has 5 rings (SSSR count). The number of carboxylic acid groups (broad SMARTS) is 1. The van der Waals surface area contributed by atoms with Gasteiger partial charge in [-0.2, -0.15) is 4.31 Å². The smallest absolute Gasteiger partial charge is 0.407 e. The number of hydrogen-bond acceptors (Lipinski definition) is 6. The molecule has 4 heterocycles. The van der Waals surface area contributed by atoms with Crippen LogP contribution in [-0.4, -0.2) is 66.5 Å². The molecule has 1 N–H and O–H groups in total. The molecule has 2 aromatic heterocycles. The Bertz CT molecular complexity index is 1250. The molecule has 0 saturated carbocycles. The van der Waals surface area contributed by atoms with E-state index in [9.17, 15) is 13.2 Å². The normalized spacial score (nSPS) is 17.7. The molecular formula is C21H22N4O4S2. The highest BCUT2D eigenvalue weighted by molar-refractivity contribution is 7.91. The van der Waals surface area contributed by atoms with Gasteiger partial charge in [-0.05, 0) is 29.7 Å². The van der Waals surface area contributed by atoms with E-state index >= 15 is 0 Å². The van der Waals surface area contributed by atoms with Crippen LogP contribution < -0.4 is 4.90 Å².